The molecule has 2 aromatic heterocycles. The summed E-state index contributed by atoms with van der Waals surface area (Å²) < 4.78 is 1.46. The first kappa shape index (κ1) is 13.5. The predicted molar refractivity (Wildman–Crippen MR) is 83.2 cm³/mol. The Morgan fingerprint density at radius 3 is 2.81 bits per heavy atom. The summed E-state index contributed by atoms with van der Waals surface area (Å²) in [5.74, 6) is -0.443. The second-order valence-corrected chi connectivity index (χ2v) is 5.58. The van der Waals surface area contributed by atoms with E-state index in [0.29, 0.717) is 10.6 Å². The molecule has 0 aliphatic heterocycles. The molecule has 1 amide bonds. The number of rotatable bonds is 2. The highest BCUT2D eigenvalue weighted by Gasteiger charge is 2.15. The fourth-order valence-corrected chi connectivity index (χ4v) is 2.91. The van der Waals surface area contributed by atoms with Gasteiger partial charge in [0.2, 0.25) is 0 Å². The van der Waals surface area contributed by atoms with E-state index >= 15 is 0 Å². The van der Waals surface area contributed by atoms with Crippen LogP contribution in [-0.4, -0.2) is 15.3 Å². The van der Waals surface area contributed by atoms with Crippen LogP contribution in [0.2, 0.25) is 0 Å². The molecule has 0 fully saturated rings. The number of carbonyl (C=O) groups is 1. The summed E-state index contributed by atoms with van der Waals surface area (Å²) in [5.41, 5.74) is 2.10. The molecule has 2 heterocycles. The lowest BCUT2D eigenvalue weighted by molar-refractivity contribution is 0.102. The number of hydrogen-bond donors (Lipinski definition) is 1. The van der Waals surface area contributed by atoms with E-state index in [4.69, 9.17) is 0 Å². The summed E-state index contributed by atoms with van der Waals surface area (Å²) in [7, 11) is 0. The van der Waals surface area contributed by atoms with Crippen molar-refractivity contribution < 1.29 is 4.79 Å². The van der Waals surface area contributed by atoms with Crippen molar-refractivity contribution in [1.82, 2.24) is 9.38 Å². The zero-order valence-electron chi connectivity index (χ0n) is 11.6. The third-order valence-corrected chi connectivity index (χ3v) is 4.21. The highest BCUT2D eigenvalue weighted by atomic mass is 32.1. The average molecular weight is 299 g/mol. The van der Waals surface area contributed by atoms with Gasteiger partial charge in [-0.1, -0.05) is 18.2 Å². The zero-order chi connectivity index (χ0) is 15.0. The Morgan fingerprint density at radius 1 is 1.29 bits per heavy atom. The molecule has 5 nitrogen and oxygen atoms in total. The van der Waals surface area contributed by atoms with Gasteiger partial charge in [-0.3, -0.25) is 14.0 Å². The van der Waals surface area contributed by atoms with E-state index in [1.54, 1.807) is 6.07 Å². The number of thiazole rings is 1. The zero-order valence-corrected chi connectivity index (χ0v) is 12.4. The number of benzene rings is 1. The van der Waals surface area contributed by atoms with Crippen LogP contribution in [0.3, 0.4) is 0 Å². The van der Waals surface area contributed by atoms with Crippen molar-refractivity contribution in [3.05, 3.63) is 63.0 Å². The van der Waals surface area contributed by atoms with E-state index in [9.17, 15) is 9.59 Å². The average Bonchev–Trinajstić information content (AvgIpc) is 2.84. The number of amides is 1. The van der Waals surface area contributed by atoms with Gasteiger partial charge >= 0.3 is 0 Å². The van der Waals surface area contributed by atoms with Crippen molar-refractivity contribution in [3.63, 3.8) is 0 Å². The maximum atomic E-state index is 12.4. The van der Waals surface area contributed by atoms with Crippen LogP contribution in [0.4, 0.5) is 5.69 Å². The molecule has 3 aromatic rings. The van der Waals surface area contributed by atoms with Gasteiger partial charge in [-0.05, 0) is 25.5 Å². The lowest BCUT2D eigenvalue weighted by Crippen LogP contribution is -2.26. The molecule has 0 aliphatic carbocycles. The molecule has 106 valence electrons. The van der Waals surface area contributed by atoms with Crippen LogP contribution < -0.4 is 10.9 Å². The second-order valence-electron chi connectivity index (χ2n) is 4.74. The van der Waals surface area contributed by atoms with E-state index in [1.165, 1.54) is 21.9 Å². The Hall–Kier alpha value is -2.47. The number of carbonyl (C=O) groups excluding carboxylic acids is 1. The van der Waals surface area contributed by atoms with Gasteiger partial charge in [-0.15, -0.1) is 11.3 Å². The smallest absolute Gasteiger partial charge is 0.271 e. The van der Waals surface area contributed by atoms with Gasteiger partial charge in [0.05, 0.1) is 0 Å². The van der Waals surface area contributed by atoms with Crippen LogP contribution in [0, 0.1) is 13.8 Å². The Morgan fingerprint density at radius 2 is 2.05 bits per heavy atom. The fraction of sp³-hybridized carbons (Fsp3) is 0.133. The largest absolute Gasteiger partial charge is 0.322 e. The molecular formula is C15H13N3O2S. The van der Waals surface area contributed by atoms with Crippen LogP contribution in [0.5, 0.6) is 0 Å². The molecule has 0 atom stereocenters. The van der Waals surface area contributed by atoms with Crippen LogP contribution in [0.1, 0.15) is 21.6 Å². The van der Waals surface area contributed by atoms with Gasteiger partial charge in [-0.2, -0.15) is 0 Å². The summed E-state index contributed by atoms with van der Waals surface area (Å²) in [6.07, 6.45) is 1.33. The van der Waals surface area contributed by atoms with E-state index in [-0.39, 0.29) is 11.1 Å². The highest BCUT2D eigenvalue weighted by molar-refractivity contribution is 7.15. The Labute approximate surface area is 124 Å². The Balaban J connectivity index is 2.03. The molecule has 0 saturated heterocycles. The molecule has 0 aliphatic rings. The number of aryl methyl sites for hydroxylation is 2. The van der Waals surface area contributed by atoms with Crippen molar-refractivity contribution in [1.29, 1.82) is 0 Å². The molecule has 0 spiro atoms. The first-order valence-corrected chi connectivity index (χ1v) is 7.29. The molecule has 21 heavy (non-hydrogen) atoms. The molecule has 0 bridgehead atoms. The molecule has 0 radical (unpaired) electrons. The van der Waals surface area contributed by atoms with Crippen LogP contribution in [0.15, 0.2) is 40.6 Å². The fourth-order valence-electron chi connectivity index (χ4n) is 2.08. The highest BCUT2D eigenvalue weighted by Crippen LogP contribution is 2.15. The minimum atomic E-state index is -0.443. The molecule has 3 rings (SSSR count). The van der Waals surface area contributed by atoms with E-state index in [1.807, 2.05) is 37.4 Å². The molecule has 0 saturated carbocycles. The maximum Gasteiger partial charge on any atom is 0.271 e. The number of hydrogen-bond acceptors (Lipinski definition) is 4. The monoisotopic (exact) mass is 299 g/mol. The molecule has 0 unspecified atom stereocenters. The summed E-state index contributed by atoms with van der Waals surface area (Å²) in [6.45, 7) is 3.71. The van der Waals surface area contributed by atoms with Crippen molar-refractivity contribution in [2.45, 2.75) is 13.8 Å². The maximum absolute atomic E-state index is 12.4. The lowest BCUT2D eigenvalue weighted by atomic mass is 10.2. The van der Waals surface area contributed by atoms with Crippen LogP contribution in [0.25, 0.3) is 4.96 Å². The number of anilines is 1. The molecule has 6 heteroatoms. The summed E-state index contributed by atoms with van der Waals surface area (Å²) in [6, 6.07) is 7.42. The first-order valence-electron chi connectivity index (χ1n) is 6.41. The second kappa shape index (κ2) is 5.14. The third-order valence-electron chi connectivity index (χ3n) is 3.25. The van der Waals surface area contributed by atoms with Gasteiger partial charge in [0.15, 0.2) is 4.96 Å². The van der Waals surface area contributed by atoms with E-state index < -0.39 is 5.91 Å². The molecule has 1 N–H and O–H groups in total. The van der Waals surface area contributed by atoms with Crippen molar-refractivity contribution >= 4 is 27.9 Å². The molecular weight excluding hydrogens is 286 g/mol. The van der Waals surface area contributed by atoms with Crippen LogP contribution in [-0.2, 0) is 0 Å². The lowest BCUT2D eigenvalue weighted by Gasteiger charge is -2.07. The van der Waals surface area contributed by atoms with E-state index in [0.717, 1.165) is 11.3 Å². The Kier molecular flexibility index (Phi) is 3.31. The molecule has 1 aromatic carbocycles. The van der Waals surface area contributed by atoms with E-state index in [2.05, 4.69) is 10.3 Å². The van der Waals surface area contributed by atoms with Crippen LogP contribution >= 0.6 is 11.3 Å². The minimum absolute atomic E-state index is 0.0391. The number of nitrogens with zero attached hydrogens (tertiary/aromatic N) is 2. The number of para-hydroxylation sites is 1. The first-order chi connectivity index (χ1) is 10.1. The summed E-state index contributed by atoms with van der Waals surface area (Å²) >= 11 is 1.38. The minimum Gasteiger partial charge on any atom is -0.322 e. The summed E-state index contributed by atoms with van der Waals surface area (Å²) in [5, 5.41) is 4.59. The number of aromatic nitrogens is 2. The quantitative estimate of drug-likeness (QED) is 0.791. The van der Waals surface area contributed by atoms with Gasteiger partial charge in [0, 0.05) is 23.0 Å². The SMILES string of the molecule is Cc1ccccc1NC(=O)c1cnc2scc(C)n2c1=O. The number of fused-ring (bicyclic) bond motifs is 1. The predicted octanol–water partition coefficient (Wildman–Crippen LogP) is 2.63. The van der Waals surface area contributed by atoms with Crippen molar-refractivity contribution in [2.75, 3.05) is 5.32 Å². The van der Waals surface area contributed by atoms with Crippen molar-refractivity contribution in [2.24, 2.45) is 0 Å². The number of nitrogens with one attached hydrogen (secondary N) is 1. The van der Waals surface area contributed by atoms with Gasteiger partial charge in [-0.25, -0.2) is 4.98 Å². The van der Waals surface area contributed by atoms with Gasteiger partial charge in [0.25, 0.3) is 11.5 Å². The standard InChI is InChI=1S/C15H13N3O2S/c1-9-5-3-4-6-12(9)17-13(19)11-7-16-15-18(14(11)20)10(2)8-21-15/h3-8H,1-2H3,(H,17,19). The van der Waals surface area contributed by atoms with Crippen molar-refractivity contribution in [3.8, 4) is 0 Å². The normalized spacial score (nSPS) is 10.8. The Bertz CT molecular complexity index is 895. The topological polar surface area (TPSA) is 63.5 Å². The van der Waals surface area contributed by atoms with Gasteiger partial charge in [0.1, 0.15) is 5.56 Å². The third kappa shape index (κ3) is 2.34. The summed E-state index contributed by atoms with van der Waals surface area (Å²) in [4.78, 5) is 29.5. The van der Waals surface area contributed by atoms with Gasteiger partial charge < -0.3 is 5.32 Å².